The average molecular weight is 264 g/mol. The minimum absolute atomic E-state index is 0.292. The molecule has 0 amide bonds. The van der Waals surface area contributed by atoms with Gasteiger partial charge in [-0.1, -0.05) is 23.7 Å². The van der Waals surface area contributed by atoms with Crippen molar-refractivity contribution >= 4 is 22.9 Å². The normalized spacial score (nSPS) is 11.8. The zero-order valence-corrected chi connectivity index (χ0v) is 9.33. The molecule has 0 atom stereocenters. The van der Waals surface area contributed by atoms with Crippen molar-refractivity contribution in [2.45, 2.75) is 6.18 Å². The van der Waals surface area contributed by atoms with Gasteiger partial charge in [0.15, 0.2) is 5.01 Å². The van der Waals surface area contributed by atoms with Crippen molar-refractivity contribution in [2.75, 3.05) is 0 Å². The molecular weight excluding hydrogens is 259 g/mol. The molecule has 0 saturated carbocycles. The van der Waals surface area contributed by atoms with Gasteiger partial charge in [0.2, 0.25) is 0 Å². The average Bonchev–Trinajstić information content (AvgIpc) is 2.65. The van der Waals surface area contributed by atoms with Gasteiger partial charge in [-0.3, -0.25) is 0 Å². The molecule has 0 spiro atoms. The number of rotatable bonds is 1. The second kappa shape index (κ2) is 4.07. The molecule has 0 fully saturated rings. The Hall–Kier alpha value is -1.07. The second-order valence-electron chi connectivity index (χ2n) is 3.05. The molecule has 1 heterocycles. The van der Waals surface area contributed by atoms with Crippen LogP contribution in [-0.4, -0.2) is 4.98 Å². The van der Waals surface area contributed by atoms with Gasteiger partial charge in [-0.15, -0.1) is 11.3 Å². The third-order valence-corrected chi connectivity index (χ3v) is 2.99. The molecule has 1 nitrogen and oxygen atoms in total. The van der Waals surface area contributed by atoms with E-state index >= 15 is 0 Å². The van der Waals surface area contributed by atoms with Crippen LogP contribution in [0.15, 0.2) is 29.6 Å². The monoisotopic (exact) mass is 263 g/mol. The summed E-state index contributed by atoms with van der Waals surface area (Å²) in [6, 6.07) is 6.57. The van der Waals surface area contributed by atoms with E-state index < -0.39 is 11.2 Å². The first-order chi connectivity index (χ1) is 7.47. The number of thiazole rings is 1. The Balaban J connectivity index is 2.39. The van der Waals surface area contributed by atoms with Gasteiger partial charge in [-0.05, 0) is 12.1 Å². The van der Waals surface area contributed by atoms with Crippen molar-refractivity contribution in [3.63, 3.8) is 0 Å². The standard InChI is InChI=1S/C10H5ClF3NS/c11-7-3-1-2-6(4-7)8-5-16-9(15-8)10(12,13)14/h1-5H. The smallest absolute Gasteiger partial charge is 0.232 e. The molecule has 6 heteroatoms. The number of hydrogen-bond acceptors (Lipinski definition) is 2. The largest absolute Gasteiger partial charge is 0.443 e. The molecular formula is C10H5ClF3NS. The van der Waals surface area contributed by atoms with Gasteiger partial charge < -0.3 is 0 Å². The maximum absolute atomic E-state index is 12.3. The number of halogens is 4. The number of nitrogens with zero attached hydrogens (tertiary/aromatic N) is 1. The van der Waals surface area contributed by atoms with Crippen LogP contribution in [0.25, 0.3) is 11.3 Å². The molecule has 0 bridgehead atoms. The first-order valence-corrected chi connectivity index (χ1v) is 5.51. The predicted molar refractivity (Wildman–Crippen MR) is 57.6 cm³/mol. The highest BCUT2D eigenvalue weighted by Gasteiger charge is 2.34. The molecule has 1 aromatic carbocycles. The van der Waals surface area contributed by atoms with Crippen molar-refractivity contribution < 1.29 is 13.2 Å². The summed E-state index contributed by atoms with van der Waals surface area (Å²) in [4.78, 5) is 3.53. The van der Waals surface area contributed by atoms with Crippen LogP contribution in [0.3, 0.4) is 0 Å². The Kier molecular flexibility index (Phi) is 2.90. The lowest BCUT2D eigenvalue weighted by atomic mass is 10.2. The summed E-state index contributed by atoms with van der Waals surface area (Å²) < 4.78 is 37.0. The molecule has 0 aliphatic rings. The van der Waals surface area contributed by atoms with Crippen molar-refractivity contribution in [1.82, 2.24) is 4.98 Å². The summed E-state index contributed by atoms with van der Waals surface area (Å²) in [5.74, 6) is 0. The summed E-state index contributed by atoms with van der Waals surface area (Å²) in [5, 5.41) is 0.996. The Bertz CT molecular complexity index is 507. The predicted octanol–water partition coefficient (Wildman–Crippen LogP) is 4.48. The molecule has 1 aromatic heterocycles. The fraction of sp³-hybridized carbons (Fsp3) is 0.100. The zero-order chi connectivity index (χ0) is 11.8. The van der Waals surface area contributed by atoms with Crippen LogP contribution in [0.2, 0.25) is 5.02 Å². The van der Waals surface area contributed by atoms with Crippen LogP contribution in [0.5, 0.6) is 0 Å². The van der Waals surface area contributed by atoms with E-state index in [0.717, 1.165) is 0 Å². The maximum atomic E-state index is 12.3. The van der Waals surface area contributed by atoms with Gasteiger partial charge in [0.05, 0.1) is 5.69 Å². The molecule has 16 heavy (non-hydrogen) atoms. The Morgan fingerprint density at radius 1 is 1.25 bits per heavy atom. The van der Waals surface area contributed by atoms with E-state index in [-0.39, 0.29) is 0 Å². The summed E-state index contributed by atoms with van der Waals surface area (Å²) in [6.07, 6.45) is -4.39. The molecule has 0 N–H and O–H groups in total. The number of hydrogen-bond donors (Lipinski definition) is 0. The van der Waals surface area contributed by atoms with Crippen molar-refractivity contribution in [2.24, 2.45) is 0 Å². The van der Waals surface area contributed by atoms with E-state index in [0.29, 0.717) is 27.6 Å². The summed E-state index contributed by atoms with van der Waals surface area (Å²) in [5.41, 5.74) is 0.874. The third kappa shape index (κ3) is 2.36. The highest BCUT2D eigenvalue weighted by atomic mass is 35.5. The van der Waals surface area contributed by atoms with E-state index in [4.69, 9.17) is 11.6 Å². The topological polar surface area (TPSA) is 12.9 Å². The molecule has 0 saturated heterocycles. The van der Waals surface area contributed by atoms with Gasteiger partial charge >= 0.3 is 6.18 Å². The van der Waals surface area contributed by atoms with Gasteiger partial charge in [0, 0.05) is 16.0 Å². The summed E-state index contributed by atoms with van der Waals surface area (Å²) in [7, 11) is 0. The van der Waals surface area contributed by atoms with Crippen LogP contribution in [0.1, 0.15) is 5.01 Å². The molecule has 0 radical (unpaired) electrons. The van der Waals surface area contributed by atoms with Crippen molar-refractivity contribution in [3.8, 4) is 11.3 Å². The summed E-state index contributed by atoms with van der Waals surface area (Å²) in [6.45, 7) is 0. The minimum Gasteiger partial charge on any atom is -0.232 e. The first kappa shape index (κ1) is 11.4. The lowest BCUT2D eigenvalue weighted by molar-refractivity contribution is -0.137. The second-order valence-corrected chi connectivity index (χ2v) is 4.34. The number of benzene rings is 1. The minimum atomic E-state index is -4.39. The molecule has 2 aromatic rings. The van der Waals surface area contributed by atoms with Gasteiger partial charge in [0.25, 0.3) is 0 Å². The fourth-order valence-corrected chi connectivity index (χ4v) is 2.07. The van der Waals surface area contributed by atoms with E-state index in [2.05, 4.69) is 4.98 Å². The molecule has 0 unspecified atom stereocenters. The van der Waals surface area contributed by atoms with Crippen LogP contribution in [0, 0.1) is 0 Å². The van der Waals surface area contributed by atoms with E-state index in [9.17, 15) is 13.2 Å². The highest BCUT2D eigenvalue weighted by molar-refractivity contribution is 7.10. The van der Waals surface area contributed by atoms with Gasteiger partial charge in [-0.2, -0.15) is 13.2 Å². The lowest BCUT2D eigenvalue weighted by Gasteiger charge is -2.00. The zero-order valence-electron chi connectivity index (χ0n) is 7.75. The molecule has 0 aliphatic carbocycles. The van der Waals surface area contributed by atoms with Crippen LogP contribution in [0.4, 0.5) is 13.2 Å². The Labute approximate surface area is 98.5 Å². The fourth-order valence-electron chi connectivity index (χ4n) is 1.18. The van der Waals surface area contributed by atoms with E-state index in [1.54, 1.807) is 24.3 Å². The van der Waals surface area contributed by atoms with Gasteiger partial charge in [0.1, 0.15) is 0 Å². The van der Waals surface area contributed by atoms with Crippen LogP contribution >= 0.6 is 22.9 Å². The molecule has 2 rings (SSSR count). The molecule has 0 aliphatic heterocycles. The van der Waals surface area contributed by atoms with E-state index in [1.807, 2.05) is 0 Å². The lowest BCUT2D eigenvalue weighted by Crippen LogP contribution is -2.03. The number of aromatic nitrogens is 1. The van der Waals surface area contributed by atoms with E-state index in [1.165, 1.54) is 5.38 Å². The van der Waals surface area contributed by atoms with Gasteiger partial charge in [-0.25, -0.2) is 4.98 Å². The van der Waals surface area contributed by atoms with Crippen molar-refractivity contribution in [1.29, 1.82) is 0 Å². The molecule has 84 valence electrons. The van der Waals surface area contributed by atoms with Crippen LogP contribution in [-0.2, 0) is 6.18 Å². The Morgan fingerprint density at radius 2 is 2.00 bits per heavy atom. The van der Waals surface area contributed by atoms with Crippen LogP contribution < -0.4 is 0 Å². The summed E-state index contributed by atoms with van der Waals surface area (Å²) >= 11 is 6.32. The number of alkyl halides is 3. The third-order valence-electron chi connectivity index (χ3n) is 1.87. The quantitative estimate of drug-likeness (QED) is 0.739. The first-order valence-electron chi connectivity index (χ1n) is 4.25. The Morgan fingerprint density at radius 3 is 2.56 bits per heavy atom. The SMILES string of the molecule is FC(F)(F)c1nc(-c2cccc(Cl)c2)cs1. The van der Waals surface area contributed by atoms with Crippen molar-refractivity contribution in [3.05, 3.63) is 39.7 Å². The highest BCUT2D eigenvalue weighted by Crippen LogP contribution is 2.34. The maximum Gasteiger partial charge on any atom is 0.443 e.